The summed E-state index contributed by atoms with van der Waals surface area (Å²) in [4.78, 5) is 24.7. The number of rotatable bonds is 8. The number of hydrogen-bond donors (Lipinski definition) is 2. The number of hydrogen-bond acceptors (Lipinski definition) is 7. The molecule has 0 aromatic rings. The van der Waals surface area contributed by atoms with Crippen LogP contribution in [0.25, 0.3) is 0 Å². The van der Waals surface area contributed by atoms with Gasteiger partial charge in [0.1, 0.15) is 17.8 Å². The molecular formula is C25H44O7Si. The molecule has 0 fully saturated rings. The minimum Gasteiger partial charge on any atom is -0.457 e. The molecule has 1 rings (SSSR count). The molecule has 5 atom stereocenters. The van der Waals surface area contributed by atoms with Crippen molar-refractivity contribution in [3.63, 3.8) is 0 Å². The molecule has 0 saturated heterocycles. The van der Waals surface area contributed by atoms with E-state index in [9.17, 15) is 19.8 Å². The van der Waals surface area contributed by atoms with Crippen molar-refractivity contribution >= 4 is 20.3 Å². The Hall–Kier alpha value is -1.48. The Morgan fingerprint density at radius 2 is 1.85 bits per heavy atom. The third-order valence-electron chi connectivity index (χ3n) is 6.81. The fourth-order valence-corrected chi connectivity index (χ4v) is 7.24. The molecule has 2 N–H and O–H groups in total. The first kappa shape index (κ1) is 29.5. The van der Waals surface area contributed by atoms with Gasteiger partial charge in [-0.3, -0.25) is 9.59 Å². The molecule has 0 amide bonds. The molecule has 1 heterocycles. The lowest BCUT2D eigenvalue weighted by atomic mass is 9.89. The van der Waals surface area contributed by atoms with Gasteiger partial charge >= 0.3 is 11.9 Å². The number of carbonyl (C=O) groups excluding carboxylic acids is 2. The highest BCUT2D eigenvalue weighted by molar-refractivity contribution is 6.73. The smallest absolute Gasteiger partial charge is 0.308 e. The SMILES string of the molecule is CC[Si](CC)(CC)O[C@@H]1CC[C@@](C)(O)[C@H](OC(C)=O)/C=C/[C@H](C)[C@@H](/C(C)=C/CO)OC(=O)C1. The van der Waals surface area contributed by atoms with Crippen molar-refractivity contribution in [3.05, 3.63) is 23.8 Å². The fraction of sp³-hybridized carbons (Fsp3) is 0.760. The molecule has 33 heavy (non-hydrogen) atoms. The van der Waals surface area contributed by atoms with Crippen molar-refractivity contribution in [1.29, 1.82) is 0 Å². The number of aliphatic hydroxyl groups is 2. The van der Waals surface area contributed by atoms with Crippen LogP contribution in [0.3, 0.4) is 0 Å². The molecule has 0 aromatic heterocycles. The second kappa shape index (κ2) is 13.4. The van der Waals surface area contributed by atoms with Gasteiger partial charge in [0.25, 0.3) is 0 Å². The Morgan fingerprint density at radius 1 is 1.24 bits per heavy atom. The lowest BCUT2D eigenvalue weighted by Gasteiger charge is -2.36. The van der Waals surface area contributed by atoms with Gasteiger partial charge in [0.05, 0.1) is 19.1 Å². The second-order valence-electron chi connectivity index (χ2n) is 9.40. The van der Waals surface area contributed by atoms with Crippen molar-refractivity contribution in [2.75, 3.05) is 6.61 Å². The average molecular weight is 485 g/mol. The third-order valence-corrected chi connectivity index (χ3v) is 11.5. The van der Waals surface area contributed by atoms with Crippen LogP contribution in [-0.4, -0.2) is 61.0 Å². The van der Waals surface area contributed by atoms with Crippen LogP contribution in [0.4, 0.5) is 0 Å². The van der Waals surface area contributed by atoms with E-state index in [1.165, 1.54) is 6.92 Å². The molecule has 0 saturated carbocycles. The second-order valence-corrected chi connectivity index (χ2v) is 14.1. The van der Waals surface area contributed by atoms with Crippen LogP contribution in [0.5, 0.6) is 0 Å². The summed E-state index contributed by atoms with van der Waals surface area (Å²) in [6.07, 6.45) is 4.07. The molecule has 0 unspecified atom stereocenters. The molecular weight excluding hydrogens is 440 g/mol. The normalized spacial score (nSPS) is 31.2. The van der Waals surface area contributed by atoms with Gasteiger partial charge in [0, 0.05) is 12.8 Å². The van der Waals surface area contributed by atoms with Gasteiger partial charge in [-0.25, -0.2) is 0 Å². The maximum Gasteiger partial charge on any atom is 0.308 e. The molecule has 8 heteroatoms. The van der Waals surface area contributed by atoms with Crippen LogP contribution in [0, 0.1) is 5.92 Å². The summed E-state index contributed by atoms with van der Waals surface area (Å²) < 4.78 is 17.9. The van der Waals surface area contributed by atoms with Gasteiger partial charge in [0.15, 0.2) is 8.32 Å². The predicted octanol–water partition coefficient (Wildman–Crippen LogP) is 4.29. The zero-order chi connectivity index (χ0) is 25.2. The lowest BCUT2D eigenvalue weighted by Crippen LogP contribution is -2.45. The highest BCUT2D eigenvalue weighted by atomic mass is 28.4. The van der Waals surface area contributed by atoms with E-state index >= 15 is 0 Å². The predicted molar refractivity (Wildman–Crippen MR) is 131 cm³/mol. The third kappa shape index (κ3) is 9.00. The summed E-state index contributed by atoms with van der Waals surface area (Å²) in [5.74, 6) is -1.11. The van der Waals surface area contributed by atoms with E-state index in [-0.39, 0.29) is 24.9 Å². The minimum atomic E-state index is -2.01. The van der Waals surface area contributed by atoms with Crippen LogP contribution < -0.4 is 0 Å². The molecule has 0 bridgehead atoms. The number of esters is 2. The van der Waals surface area contributed by atoms with Gasteiger partial charge in [0.2, 0.25) is 0 Å². The van der Waals surface area contributed by atoms with Crippen LogP contribution >= 0.6 is 0 Å². The van der Waals surface area contributed by atoms with Gasteiger partial charge in [-0.1, -0.05) is 39.8 Å². The highest BCUT2D eigenvalue weighted by Gasteiger charge is 2.38. The summed E-state index contributed by atoms with van der Waals surface area (Å²) in [6, 6.07) is 2.83. The zero-order valence-electron chi connectivity index (χ0n) is 21.4. The number of aliphatic hydroxyl groups excluding tert-OH is 1. The average Bonchev–Trinajstić information content (AvgIpc) is 2.76. The molecule has 0 aromatic carbocycles. The van der Waals surface area contributed by atoms with E-state index < -0.39 is 38.2 Å². The number of carbonyl (C=O) groups is 2. The van der Waals surface area contributed by atoms with Crippen LogP contribution in [0.15, 0.2) is 23.8 Å². The first-order valence-corrected chi connectivity index (χ1v) is 14.7. The topological polar surface area (TPSA) is 102 Å². The standard InChI is InChI=1S/C25H44O7Si/c1-8-33(9-2,10-3)32-21-13-15-25(7,29)22(30-20(6)27)12-11-18(4)24(19(5)14-16-26)31-23(28)17-21/h11-12,14,18,21-22,24,26,29H,8-10,13,15-17H2,1-7H3/b12-11+,19-14+/t18-,21+,22+,24-,25+/m0/s1. The first-order valence-electron chi connectivity index (χ1n) is 12.2. The molecule has 1 aliphatic rings. The summed E-state index contributed by atoms with van der Waals surface area (Å²) in [7, 11) is -2.01. The van der Waals surface area contributed by atoms with E-state index in [0.29, 0.717) is 12.8 Å². The summed E-state index contributed by atoms with van der Waals surface area (Å²) in [5, 5.41) is 20.6. The van der Waals surface area contributed by atoms with E-state index in [1.54, 1.807) is 32.1 Å². The van der Waals surface area contributed by atoms with Gasteiger partial charge in [-0.2, -0.15) is 0 Å². The Kier molecular flexibility index (Phi) is 12.0. The summed E-state index contributed by atoms with van der Waals surface area (Å²) in [5.41, 5.74) is -0.597. The number of ether oxygens (including phenoxy) is 2. The quantitative estimate of drug-likeness (QED) is 0.301. The van der Waals surface area contributed by atoms with Crippen LogP contribution in [-0.2, 0) is 23.5 Å². The van der Waals surface area contributed by atoms with E-state index in [4.69, 9.17) is 13.9 Å². The van der Waals surface area contributed by atoms with E-state index in [0.717, 1.165) is 23.7 Å². The summed E-state index contributed by atoms with van der Waals surface area (Å²) >= 11 is 0. The molecule has 1 aliphatic heterocycles. The zero-order valence-corrected chi connectivity index (χ0v) is 22.4. The van der Waals surface area contributed by atoms with Crippen molar-refractivity contribution in [2.24, 2.45) is 5.92 Å². The Bertz CT molecular complexity index is 689. The van der Waals surface area contributed by atoms with Crippen LogP contribution in [0.2, 0.25) is 18.1 Å². The van der Waals surface area contributed by atoms with Gasteiger partial charge in [-0.05, 0) is 56.5 Å². The van der Waals surface area contributed by atoms with Gasteiger partial charge < -0.3 is 24.1 Å². The molecule has 0 spiro atoms. The minimum absolute atomic E-state index is 0.0857. The maximum absolute atomic E-state index is 13.0. The maximum atomic E-state index is 13.0. The largest absolute Gasteiger partial charge is 0.457 e. The Morgan fingerprint density at radius 3 is 2.36 bits per heavy atom. The Balaban J connectivity index is 3.39. The molecule has 0 aliphatic carbocycles. The van der Waals surface area contributed by atoms with Crippen molar-refractivity contribution in [1.82, 2.24) is 0 Å². The van der Waals surface area contributed by atoms with E-state index in [2.05, 4.69) is 20.8 Å². The van der Waals surface area contributed by atoms with E-state index in [1.807, 2.05) is 6.92 Å². The molecule has 190 valence electrons. The molecule has 0 radical (unpaired) electrons. The van der Waals surface area contributed by atoms with Crippen LogP contribution in [0.1, 0.15) is 67.7 Å². The van der Waals surface area contributed by atoms with Crippen molar-refractivity contribution in [3.8, 4) is 0 Å². The van der Waals surface area contributed by atoms with Crippen molar-refractivity contribution in [2.45, 2.75) is 110 Å². The highest BCUT2D eigenvalue weighted by Crippen LogP contribution is 2.31. The Labute approximate surface area is 200 Å². The van der Waals surface area contributed by atoms with Gasteiger partial charge in [-0.15, -0.1) is 0 Å². The fourth-order valence-electron chi connectivity index (χ4n) is 4.33. The first-order chi connectivity index (χ1) is 15.4. The lowest BCUT2D eigenvalue weighted by molar-refractivity contribution is -0.157. The van der Waals surface area contributed by atoms with Crippen molar-refractivity contribution < 1.29 is 33.7 Å². The summed E-state index contributed by atoms with van der Waals surface area (Å²) in [6.45, 7) is 12.9. The monoisotopic (exact) mass is 484 g/mol. The number of cyclic esters (lactones) is 1. The molecule has 7 nitrogen and oxygen atoms in total.